The lowest BCUT2D eigenvalue weighted by atomic mass is 10.1. The van der Waals surface area contributed by atoms with Crippen molar-refractivity contribution in [2.75, 3.05) is 0 Å². The van der Waals surface area contributed by atoms with Crippen molar-refractivity contribution in [3.05, 3.63) is 54.4 Å². The van der Waals surface area contributed by atoms with Crippen molar-refractivity contribution >= 4 is 0 Å². The summed E-state index contributed by atoms with van der Waals surface area (Å²) in [5, 5.41) is 0. The summed E-state index contributed by atoms with van der Waals surface area (Å²) in [6, 6.07) is 14.5. The highest BCUT2D eigenvalue weighted by Crippen LogP contribution is 2.17. The molecule has 1 nitrogen and oxygen atoms in total. The maximum Gasteiger partial charge on any atom is 0.0401 e. The molecule has 0 radical (unpaired) electrons. The third-order valence-corrected chi connectivity index (χ3v) is 2.29. The van der Waals surface area contributed by atoms with Crippen LogP contribution in [-0.2, 0) is 6.42 Å². The molecule has 0 aliphatic rings. The van der Waals surface area contributed by atoms with Gasteiger partial charge in [-0.1, -0.05) is 63.6 Å². The molecule has 0 bridgehead atoms. The van der Waals surface area contributed by atoms with Crippen LogP contribution in [0.5, 0.6) is 0 Å². The Balaban J connectivity index is 0.000000437. The summed E-state index contributed by atoms with van der Waals surface area (Å²) in [5.41, 5.74) is 3.55. The van der Waals surface area contributed by atoms with Gasteiger partial charge in [0.2, 0.25) is 0 Å². The Hall–Kier alpha value is -1.63. The van der Waals surface area contributed by atoms with Crippen LogP contribution >= 0.6 is 0 Å². The molecule has 0 unspecified atom stereocenters. The Bertz CT molecular complexity index is 403. The van der Waals surface area contributed by atoms with Crippen LogP contribution < -0.4 is 0 Å². The minimum atomic E-state index is 0.995. The van der Waals surface area contributed by atoms with Crippen LogP contribution in [0, 0.1) is 0 Å². The monoisotopic (exact) mass is 227 g/mol. The van der Waals surface area contributed by atoms with E-state index in [1.807, 2.05) is 24.4 Å². The van der Waals surface area contributed by atoms with Crippen LogP contribution in [0.25, 0.3) is 11.1 Å². The minimum absolute atomic E-state index is 0.995. The number of rotatable bonds is 2. The Labute approximate surface area is 105 Å². The molecule has 0 aliphatic heterocycles. The van der Waals surface area contributed by atoms with Crippen molar-refractivity contribution in [3.8, 4) is 11.1 Å². The quantitative estimate of drug-likeness (QED) is 0.723. The Morgan fingerprint density at radius 2 is 1.47 bits per heavy atom. The fraction of sp³-hybridized carbons (Fsp3) is 0.312. The van der Waals surface area contributed by atoms with E-state index in [4.69, 9.17) is 0 Å². The van der Waals surface area contributed by atoms with E-state index in [0.29, 0.717) is 0 Å². The summed E-state index contributed by atoms with van der Waals surface area (Å²) in [5.74, 6) is 0. The van der Waals surface area contributed by atoms with Gasteiger partial charge < -0.3 is 0 Å². The van der Waals surface area contributed by atoms with Gasteiger partial charge in [-0.05, 0) is 18.1 Å². The Morgan fingerprint density at radius 3 is 1.94 bits per heavy atom. The van der Waals surface area contributed by atoms with Gasteiger partial charge in [-0.15, -0.1) is 0 Å². The summed E-state index contributed by atoms with van der Waals surface area (Å²) in [4.78, 5) is 4.37. The molecule has 2 aromatic rings. The fourth-order valence-corrected chi connectivity index (χ4v) is 1.43. The standard InChI is InChI=1S/C13H13N.C3H8/c1-2-13-9-8-12(10-14-13)11-6-4-3-5-7-11;1-3-2/h3-10H,2H2,1H3;3H2,1-2H3. The van der Waals surface area contributed by atoms with Gasteiger partial charge in [0.25, 0.3) is 0 Å². The predicted molar refractivity (Wildman–Crippen MR) is 75.0 cm³/mol. The van der Waals surface area contributed by atoms with E-state index >= 15 is 0 Å². The molecule has 1 heterocycles. The summed E-state index contributed by atoms with van der Waals surface area (Å²) in [7, 11) is 0. The highest BCUT2D eigenvalue weighted by atomic mass is 14.7. The summed E-state index contributed by atoms with van der Waals surface area (Å²) in [6.45, 7) is 6.37. The molecule has 0 aliphatic carbocycles. The second kappa shape index (κ2) is 7.61. The topological polar surface area (TPSA) is 12.9 Å². The van der Waals surface area contributed by atoms with Gasteiger partial charge in [0.1, 0.15) is 0 Å². The molecule has 17 heavy (non-hydrogen) atoms. The number of pyridine rings is 1. The van der Waals surface area contributed by atoms with Crippen molar-refractivity contribution in [1.82, 2.24) is 4.98 Å². The van der Waals surface area contributed by atoms with E-state index in [9.17, 15) is 0 Å². The molecule has 0 atom stereocenters. The van der Waals surface area contributed by atoms with Crippen LogP contribution in [0.4, 0.5) is 0 Å². The van der Waals surface area contributed by atoms with Crippen LogP contribution in [0.3, 0.4) is 0 Å². The average Bonchev–Trinajstić information content (AvgIpc) is 2.41. The lowest BCUT2D eigenvalue weighted by Crippen LogP contribution is -1.86. The largest absolute Gasteiger partial charge is 0.261 e. The van der Waals surface area contributed by atoms with Gasteiger partial charge in [-0.3, -0.25) is 4.98 Å². The average molecular weight is 227 g/mol. The molecule has 0 N–H and O–H groups in total. The zero-order valence-electron chi connectivity index (χ0n) is 11.0. The fourth-order valence-electron chi connectivity index (χ4n) is 1.43. The van der Waals surface area contributed by atoms with Gasteiger partial charge >= 0.3 is 0 Å². The number of hydrogen-bond acceptors (Lipinski definition) is 1. The lowest BCUT2D eigenvalue weighted by molar-refractivity contribution is 1.04. The third-order valence-electron chi connectivity index (χ3n) is 2.29. The van der Waals surface area contributed by atoms with Crippen molar-refractivity contribution in [1.29, 1.82) is 0 Å². The molecule has 1 aromatic heterocycles. The van der Waals surface area contributed by atoms with Crippen molar-refractivity contribution in [2.45, 2.75) is 33.6 Å². The normalized spacial score (nSPS) is 9.35. The van der Waals surface area contributed by atoms with Gasteiger partial charge in [-0.2, -0.15) is 0 Å². The third kappa shape index (κ3) is 4.39. The molecule has 0 fully saturated rings. The van der Waals surface area contributed by atoms with Crippen LogP contribution in [0.2, 0.25) is 0 Å². The molecule has 1 heteroatoms. The van der Waals surface area contributed by atoms with Crippen molar-refractivity contribution in [2.24, 2.45) is 0 Å². The van der Waals surface area contributed by atoms with Gasteiger partial charge in [0.15, 0.2) is 0 Å². The Morgan fingerprint density at radius 1 is 0.824 bits per heavy atom. The molecule has 0 spiro atoms. The molecule has 1 aromatic carbocycles. The SMILES string of the molecule is CCC.CCc1ccc(-c2ccccc2)cn1. The molecule has 2 rings (SSSR count). The number of aryl methyl sites for hydroxylation is 1. The van der Waals surface area contributed by atoms with Crippen molar-refractivity contribution < 1.29 is 0 Å². The number of hydrogen-bond donors (Lipinski definition) is 0. The molecule has 90 valence electrons. The van der Waals surface area contributed by atoms with Gasteiger partial charge in [0.05, 0.1) is 0 Å². The van der Waals surface area contributed by atoms with Gasteiger partial charge in [0, 0.05) is 17.5 Å². The van der Waals surface area contributed by atoms with Crippen LogP contribution in [0.1, 0.15) is 32.9 Å². The smallest absolute Gasteiger partial charge is 0.0401 e. The molecular formula is C16H21N. The Kier molecular flexibility index (Phi) is 6.02. The number of nitrogens with zero attached hydrogens (tertiary/aromatic N) is 1. The first-order chi connectivity index (χ1) is 8.31. The van der Waals surface area contributed by atoms with Crippen molar-refractivity contribution in [3.63, 3.8) is 0 Å². The van der Waals surface area contributed by atoms with E-state index in [0.717, 1.165) is 12.1 Å². The zero-order valence-corrected chi connectivity index (χ0v) is 11.0. The molecule has 0 saturated heterocycles. The maximum atomic E-state index is 4.37. The summed E-state index contributed by atoms with van der Waals surface area (Å²) < 4.78 is 0. The minimum Gasteiger partial charge on any atom is -0.261 e. The van der Waals surface area contributed by atoms with E-state index in [-0.39, 0.29) is 0 Å². The highest BCUT2D eigenvalue weighted by Gasteiger charge is 1.96. The molecule has 0 amide bonds. The second-order valence-corrected chi connectivity index (χ2v) is 3.96. The highest BCUT2D eigenvalue weighted by molar-refractivity contribution is 5.62. The zero-order chi connectivity index (χ0) is 12.5. The second-order valence-electron chi connectivity index (χ2n) is 3.96. The molecular weight excluding hydrogens is 206 g/mol. The van der Waals surface area contributed by atoms with E-state index in [1.54, 1.807) is 0 Å². The van der Waals surface area contributed by atoms with Gasteiger partial charge in [-0.25, -0.2) is 0 Å². The number of benzene rings is 1. The van der Waals surface area contributed by atoms with E-state index < -0.39 is 0 Å². The van der Waals surface area contributed by atoms with Crippen LogP contribution in [-0.4, -0.2) is 4.98 Å². The lowest BCUT2D eigenvalue weighted by Gasteiger charge is -2.01. The first-order valence-electron chi connectivity index (χ1n) is 6.32. The summed E-state index contributed by atoms with van der Waals surface area (Å²) >= 11 is 0. The summed E-state index contributed by atoms with van der Waals surface area (Å²) in [6.07, 6.45) is 4.18. The first-order valence-corrected chi connectivity index (χ1v) is 6.32. The predicted octanol–water partition coefficient (Wildman–Crippen LogP) is 4.73. The van der Waals surface area contributed by atoms with E-state index in [1.165, 1.54) is 17.5 Å². The first kappa shape index (κ1) is 13.4. The van der Waals surface area contributed by atoms with Crippen LogP contribution in [0.15, 0.2) is 48.7 Å². The molecule has 0 saturated carbocycles. The van der Waals surface area contributed by atoms with E-state index in [2.05, 4.69) is 50.0 Å². The maximum absolute atomic E-state index is 4.37. The number of aromatic nitrogens is 1.